The summed E-state index contributed by atoms with van der Waals surface area (Å²) < 4.78 is 0. The van der Waals surface area contributed by atoms with Crippen LogP contribution in [-0.2, 0) is 0 Å². The number of nitrogens with zero attached hydrogens (tertiary/aromatic N) is 1. The molecule has 0 spiro atoms. The Bertz CT molecular complexity index is 1170. The van der Waals surface area contributed by atoms with Gasteiger partial charge in [0.2, 0.25) is 11.6 Å². The maximum absolute atomic E-state index is 13.1. The van der Waals surface area contributed by atoms with E-state index in [1.54, 1.807) is 30.3 Å². The number of para-hydroxylation sites is 1. The lowest BCUT2D eigenvalue weighted by atomic mass is 9.81. The van der Waals surface area contributed by atoms with E-state index >= 15 is 0 Å². The van der Waals surface area contributed by atoms with Gasteiger partial charge in [-0.2, -0.15) is 0 Å². The van der Waals surface area contributed by atoms with Crippen molar-refractivity contribution in [2.75, 3.05) is 5.32 Å². The van der Waals surface area contributed by atoms with Crippen LogP contribution in [0, 0.1) is 10.1 Å². The molecule has 0 aliphatic heterocycles. The van der Waals surface area contributed by atoms with Crippen molar-refractivity contribution >= 4 is 28.6 Å². The van der Waals surface area contributed by atoms with Gasteiger partial charge in [0, 0.05) is 11.8 Å². The summed E-state index contributed by atoms with van der Waals surface area (Å²) in [6.45, 7) is 0. The minimum atomic E-state index is -0.901. The normalized spacial score (nSPS) is 12.3. The Morgan fingerprint density at radius 3 is 1.96 bits per heavy atom. The second kappa shape index (κ2) is 6.20. The zero-order valence-electron chi connectivity index (χ0n) is 14.2. The van der Waals surface area contributed by atoms with Gasteiger partial charge in [0.1, 0.15) is 17.1 Å². The number of carbonyl (C=O) groups is 2. The minimum Gasteiger partial charge on any atom is -0.507 e. The molecule has 0 saturated carbocycles. The number of anilines is 2. The average Bonchev–Trinajstić information content (AvgIpc) is 2.67. The van der Waals surface area contributed by atoms with Crippen molar-refractivity contribution in [2.24, 2.45) is 0 Å². The molecule has 0 fully saturated rings. The number of nitrogens with one attached hydrogen (secondary N) is 1. The molecule has 28 heavy (non-hydrogen) atoms. The standard InChI is InChI=1S/C20H12N2O6/c23-13-8-6-11(21-10-4-2-1-3-5-10)15-17(13)20(26)16-12(22(27)28)7-9-14(24)18(16)19(15)25/h1-9,21,23-24H. The third kappa shape index (κ3) is 2.47. The molecule has 0 aromatic heterocycles. The van der Waals surface area contributed by atoms with E-state index in [9.17, 15) is 29.9 Å². The number of phenolic OH excluding ortho intramolecular Hbond substituents is 2. The number of phenols is 2. The Balaban J connectivity index is 1.98. The molecule has 8 heteroatoms. The molecule has 138 valence electrons. The fraction of sp³-hybridized carbons (Fsp3) is 0. The highest BCUT2D eigenvalue weighted by molar-refractivity contribution is 6.33. The van der Waals surface area contributed by atoms with Crippen molar-refractivity contribution in [3.8, 4) is 11.5 Å². The fourth-order valence-corrected chi connectivity index (χ4v) is 3.28. The van der Waals surface area contributed by atoms with Gasteiger partial charge < -0.3 is 15.5 Å². The molecule has 0 amide bonds. The van der Waals surface area contributed by atoms with Crippen LogP contribution in [0.25, 0.3) is 0 Å². The lowest BCUT2D eigenvalue weighted by Gasteiger charge is -2.22. The zero-order chi connectivity index (χ0) is 20.0. The highest BCUT2D eigenvalue weighted by Crippen LogP contribution is 2.43. The molecule has 0 radical (unpaired) electrons. The predicted octanol–water partition coefficient (Wildman–Crippen LogP) is 3.53. The van der Waals surface area contributed by atoms with Crippen LogP contribution < -0.4 is 5.32 Å². The highest BCUT2D eigenvalue weighted by Gasteiger charge is 2.40. The van der Waals surface area contributed by atoms with Crippen LogP contribution >= 0.6 is 0 Å². The second-order valence-electron chi connectivity index (χ2n) is 6.14. The van der Waals surface area contributed by atoms with E-state index in [-0.39, 0.29) is 16.8 Å². The van der Waals surface area contributed by atoms with E-state index in [2.05, 4.69) is 5.32 Å². The number of fused-ring (bicyclic) bond motifs is 2. The third-order valence-electron chi connectivity index (χ3n) is 4.50. The van der Waals surface area contributed by atoms with Crippen LogP contribution in [0.5, 0.6) is 11.5 Å². The van der Waals surface area contributed by atoms with Crippen LogP contribution in [0.3, 0.4) is 0 Å². The largest absolute Gasteiger partial charge is 0.507 e. The highest BCUT2D eigenvalue weighted by atomic mass is 16.6. The summed E-state index contributed by atoms with van der Waals surface area (Å²) in [5, 5.41) is 34.7. The number of nitro benzene ring substituents is 1. The van der Waals surface area contributed by atoms with Gasteiger partial charge in [-0.25, -0.2) is 0 Å². The molecular weight excluding hydrogens is 364 g/mol. The quantitative estimate of drug-likeness (QED) is 0.283. The van der Waals surface area contributed by atoms with Gasteiger partial charge in [0.05, 0.1) is 27.3 Å². The number of carbonyl (C=O) groups excluding carboxylic acids is 2. The Labute approximate surface area is 157 Å². The summed E-state index contributed by atoms with van der Waals surface area (Å²) >= 11 is 0. The van der Waals surface area contributed by atoms with Crippen molar-refractivity contribution in [3.05, 3.63) is 87.0 Å². The summed E-state index contributed by atoms with van der Waals surface area (Å²) in [5.74, 6) is -2.71. The predicted molar refractivity (Wildman–Crippen MR) is 99.5 cm³/mol. The van der Waals surface area contributed by atoms with E-state index in [4.69, 9.17) is 0 Å². The molecule has 3 aromatic carbocycles. The van der Waals surface area contributed by atoms with Gasteiger partial charge in [-0.15, -0.1) is 0 Å². The first-order chi connectivity index (χ1) is 13.4. The first kappa shape index (κ1) is 17.2. The van der Waals surface area contributed by atoms with Crippen LogP contribution in [0.15, 0.2) is 54.6 Å². The molecule has 0 atom stereocenters. The number of hydrogen-bond acceptors (Lipinski definition) is 7. The lowest BCUT2D eigenvalue weighted by molar-refractivity contribution is -0.385. The Morgan fingerprint density at radius 1 is 0.750 bits per heavy atom. The number of benzene rings is 3. The van der Waals surface area contributed by atoms with Gasteiger partial charge in [-0.1, -0.05) is 18.2 Å². The first-order valence-electron chi connectivity index (χ1n) is 8.18. The molecule has 0 saturated heterocycles. The summed E-state index contributed by atoms with van der Waals surface area (Å²) in [6.07, 6.45) is 0. The number of aromatic hydroxyl groups is 2. The summed E-state index contributed by atoms with van der Waals surface area (Å²) in [6, 6.07) is 13.4. The lowest BCUT2D eigenvalue weighted by Crippen LogP contribution is -2.23. The Morgan fingerprint density at radius 2 is 1.32 bits per heavy atom. The van der Waals surface area contributed by atoms with Crippen molar-refractivity contribution in [1.82, 2.24) is 0 Å². The third-order valence-corrected chi connectivity index (χ3v) is 4.50. The van der Waals surface area contributed by atoms with Gasteiger partial charge in [-0.05, 0) is 30.3 Å². The molecule has 8 nitrogen and oxygen atoms in total. The van der Waals surface area contributed by atoms with Crippen molar-refractivity contribution in [2.45, 2.75) is 0 Å². The number of rotatable bonds is 3. The average molecular weight is 376 g/mol. The van der Waals surface area contributed by atoms with Gasteiger partial charge >= 0.3 is 0 Å². The summed E-state index contributed by atoms with van der Waals surface area (Å²) in [7, 11) is 0. The molecule has 0 bridgehead atoms. The molecule has 1 aliphatic rings. The summed E-state index contributed by atoms with van der Waals surface area (Å²) in [5.41, 5.74) is -1.23. The maximum atomic E-state index is 13.1. The van der Waals surface area contributed by atoms with E-state index in [0.717, 1.165) is 12.1 Å². The molecule has 1 aliphatic carbocycles. The SMILES string of the molecule is O=C1c2c(O)ccc([N+](=O)[O-])c2C(=O)c2c(O)ccc(Nc3ccccc3)c21. The number of ketones is 2. The van der Waals surface area contributed by atoms with E-state index < -0.39 is 44.8 Å². The van der Waals surface area contributed by atoms with Gasteiger partial charge in [-0.3, -0.25) is 19.7 Å². The van der Waals surface area contributed by atoms with Gasteiger partial charge in [0.15, 0.2) is 0 Å². The zero-order valence-corrected chi connectivity index (χ0v) is 14.2. The topological polar surface area (TPSA) is 130 Å². The number of nitro groups is 1. The van der Waals surface area contributed by atoms with Crippen molar-refractivity contribution < 1.29 is 24.7 Å². The van der Waals surface area contributed by atoms with Gasteiger partial charge in [0.25, 0.3) is 5.69 Å². The van der Waals surface area contributed by atoms with E-state index in [0.29, 0.717) is 5.69 Å². The minimum absolute atomic E-state index is 0.155. The summed E-state index contributed by atoms with van der Waals surface area (Å²) in [4.78, 5) is 36.6. The molecule has 3 N–H and O–H groups in total. The first-order valence-corrected chi connectivity index (χ1v) is 8.18. The van der Waals surface area contributed by atoms with Crippen LogP contribution in [-0.4, -0.2) is 26.7 Å². The molecular formula is C20H12N2O6. The van der Waals surface area contributed by atoms with E-state index in [1.165, 1.54) is 12.1 Å². The molecule has 0 heterocycles. The van der Waals surface area contributed by atoms with Crippen molar-refractivity contribution in [3.63, 3.8) is 0 Å². The van der Waals surface area contributed by atoms with Crippen LogP contribution in [0.4, 0.5) is 17.1 Å². The molecule has 0 unspecified atom stereocenters. The smallest absolute Gasteiger partial charge is 0.281 e. The monoisotopic (exact) mass is 376 g/mol. The molecule has 3 aromatic rings. The molecule has 4 rings (SSSR count). The fourth-order valence-electron chi connectivity index (χ4n) is 3.28. The second-order valence-corrected chi connectivity index (χ2v) is 6.14. The van der Waals surface area contributed by atoms with E-state index in [1.807, 2.05) is 0 Å². The number of hydrogen-bond donors (Lipinski definition) is 3. The van der Waals surface area contributed by atoms with Crippen molar-refractivity contribution in [1.29, 1.82) is 0 Å². The Hall–Kier alpha value is -4.20. The van der Waals surface area contributed by atoms with Crippen LogP contribution in [0.2, 0.25) is 0 Å². The Kier molecular flexibility index (Phi) is 3.82. The van der Waals surface area contributed by atoms with Crippen LogP contribution in [0.1, 0.15) is 31.8 Å². The maximum Gasteiger partial charge on any atom is 0.281 e.